The number of aromatic nitrogens is 1. The summed E-state index contributed by atoms with van der Waals surface area (Å²) in [5.41, 5.74) is 2.99. The van der Waals surface area contributed by atoms with E-state index in [-0.39, 0.29) is 0 Å². The van der Waals surface area contributed by atoms with Crippen LogP contribution in [0.5, 0.6) is 0 Å². The lowest BCUT2D eigenvalue weighted by molar-refractivity contribution is 0.112. The molecule has 0 bridgehead atoms. The van der Waals surface area contributed by atoms with Crippen LogP contribution < -0.4 is 0 Å². The predicted molar refractivity (Wildman–Crippen MR) is 77.7 cm³/mol. The Morgan fingerprint density at radius 3 is 2.74 bits per heavy atom. The minimum Gasteiger partial charge on any atom is -0.358 e. The maximum Gasteiger partial charge on any atom is 0.152 e. The van der Waals surface area contributed by atoms with E-state index in [1.165, 1.54) is 32.4 Å². The van der Waals surface area contributed by atoms with Crippen LogP contribution >= 0.6 is 0 Å². The van der Waals surface area contributed by atoms with Gasteiger partial charge in [0.25, 0.3) is 0 Å². The van der Waals surface area contributed by atoms with Gasteiger partial charge in [0.15, 0.2) is 6.29 Å². The predicted octanol–water partition coefficient (Wildman–Crippen LogP) is 3.01. The highest BCUT2D eigenvalue weighted by molar-refractivity contribution is 5.98. The van der Waals surface area contributed by atoms with Crippen molar-refractivity contribution in [2.45, 2.75) is 25.7 Å². The quantitative estimate of drug-likeness (QED) is 0.854. The molecule has 1 aromatic heterocycles. The first-order chi connectivity index (χ1) is 9.38. The van der Waals surface area contributed by atoms with E-state index in [1.54, 1.807) is 0 Å². The number of carbonyl (C=O) groups is 1. The van der Waals surface area contributed by atoms with E-state index in [2.05, 4.69) is 9.88 Å². The number of hydrogen-bond acceptors (Lipinski definition) is 2. The average molecular weight is 256 g/mol. The molecular weight excluding hydrogens is 236 g/mol. The van der Waals surface area contributed by atoms with E-state index in [9.17, 15) is 4.79 Å². The van der Waals surface area contributed by atoms with Crippen molar-refractivity contribution in [3.8, 4) is 0 Å². The van der Waals surface area contributed by atoms with Crippen molar-refractivity contribution in [2.24, 2.45) is 0 Å². The second kappa shape index (κ2) is 5.57. The Balaban J connectivity index is 1.78. The van der Waals surface area contributed by atoms with Crippen LogP contribution in [0.25, 0.3) is 10.9 Å². The fourth-order valence-electron chi connectivity index (χ4n) is 3.00. The molecule has 0 saturated carbocycles. The Morgan fingerprint density at radius 1 is 1.16 bits per heavy atom. The van der Waals surface area contributed by atoms with Crippen LogP contribution in [0.2, 0.25) is 0 Å². The lowest BCUT2D eigenvalue weighted by Gasteiger charge is -2.26. The van der Waals surface area contributed by atoms with Crippen molar-refractivity contribution in [1.82, 2.24) is 9.88 Å². The molecule has 1 aliphatic rings. The third-order valence-electron chi connectivity index (χ3n) is 4.07. The van der Waals surface area contributed by atoms with E-state index in [0.29, 0.717) is 0 Å². The molecule has 3 nitrogen and oxygen atoms in total. The number of likely N-dealkylation sites (tertiary alicyclic amines) is 1. The van der Waals surface area contributed by atoms with Crippen molar-refractivity contribution in [3.05, 3.63) is 35.5 Å². The first-order valence-electron chi connectivity index (χ1n) is 7.15. The maximum absolute atomic E-state index is 11.3. The number of carbonyl (C=O) groups excluding carboxylic acids is 1. The van der Waals surface area contributed by atoms with E-state index in [4.69, 9.17) is 0 Å². The second-order valence-electron chi connectivity index (χ2n) is 5.33. The first-order valence-corrected chi connectivity index (χ1v) is 7.15. The number of aromatic amines is 1. The van der Waals surface area contributed by atoms with Gasteiger partial charge in [-0.05, 0) is 32.0 Å². The molecule has 0 radical (unpaired) electrons. The first kappa shape index (κ1) is 12.4. The van der Waals surface area contributed by atoms with Crippen LogP contribution in [-0.2, 0) is 6.42 Å². The van der Waals surface area contributed by atoms with Crippen molar-refractivity contribution >= 4 is 17.2 Å². The molecule has 1 aliphatic heterocycles. The van der Waals surface area contributed by atoms with Gasteiger partial charge in [0.2, 0.25) is 0 Å². The fourth-order valence-corrected chi connectivity index (χ4v) is 3.00. The SMILES string of the molecule is O=Cc1c(CCN2CCCCC2)[nH]c2ccccc12. The standard InChI is InChI=1S/C16H20N2O/c19-12-14-13-6-2-3-7-15(13)17-16(14)8-11-18-9-4-1-5-10-18/h2-3,6-7,12,17H,1,4-5,8-11H2. The molecule has 3 heteroatoms. The third-order valence-corrected chi connectivity index (χ3v) is 4.07. The van der Waals surface area contributed by atoms with Crippen molar-refractivity contribution in [1.29, 1.82) is 0 Å². The van der Waals surface area contributed by atoms with Gasteiger partial charge in [-0.3, -0.25) is 4.79 Å². The molecule has 2 heterocycles. The number of benzene rings is 1. The smallest absolute Gasteiger partial charge is 0.152 e. The molecule has 1 fully saturated rings. The second-order valence-corrected chi connectivity index (χ2v) is 5.33. The molecule has 0 atom stereocenters. The molecular formula is C16H20N2O. The highest BCUT2D eigenvalue weighted by atomic mass is 16.1. The number of fused-ring (bicyclic) bond motifs is 1. The zero-order valence-electron chi connectivity index (χ0n) is 11.2. The van der Waals surface area contributed by atoms with Crippen LogP contribution in [0.1, 0.15) is 35.3 Å². The van der Waals surface area contributed by atoms with Gasteiger partial charge in [-0.1, -0.05) is 24.6 Å². The van der Waals surface area contributed by atoms with Gasteiger partial charge in [-0.15, -0.1) is 0 Å². The Morgan fingerprint density at radius 2 is 1.95 bits per heavy atom. The monoisotopic (exact) mass is 256 g/mol. The zero-order valence-corrected chi connectivity index (χ0v) is 11.2. The molecule has 0 aliphatic carbocycles. The maximum atomic E-state index is 11.3. The van der Waals surface area contributed by atoms with Gasteiger partial charge >= 0.3 is 0 Å². The van der Waals surface area contributed by atoms with Gasteiger partial charge in [-0.2, -0.15) is 0 Å². The molecule has 1 aromatic carbocycles. The van der Waals surface area contributed by atoms with Gasteiger partial charge < -0.3 is 9.88 Å². The third kappa shape index (κ3) is 2.56. The number of piperidine rings is 1. The summed E-state index contributed by atoms with van der Waals surface area (Å²) in [6.45, 7) is 3.46. The number of aldehydes is 1. The molecule has 19 heavy (non-hydrogen) atoms. The van der Waals surface area contributed by atoms with E-state index in [0.717, 1.165) is 41.4 Å². The molecule has 0 unspecified atom stereocenters. The summed E-state index contributed by atoms with van der Waals surface area (Å²) in [6, 6.07) is 8.03. The Hall–Kier alpha value is -1.61. The van der Waals surface area contributed by atoms with E-state index >= 15 is 0 Å². The highest BCUT2D eigenvalue weighted by Gasteiger charge is 2.13. The van der Waals surface area contributed by atoms with Crippen LogP contribution in [-0.4, -0.2) is 35.8 Å². The summed E-state index contributed by atoms with van der Waals surface area (Å²) in [5.74, 6) is 0. The lowest BCUT2D eigenvalue weighted by atomic mass is 10.1. The number of rotatable bonds is 4. The van der Waals surface area contributed by atoms with Crippen molar-refractivity contribution in [3.63, 3.8) is 0 Å². The van der Waals surface area contributed by atoms with Crippen LogP contribution in [0, 0.1) is 0 Å². The molecule has 100 valence electrons. The minimum atomic E-state index is 0.840. The number of hydrogen-bond donors (Lipinski definition) is 1. The Labute approximate surface area is 113 Å². The van der Waals surface area contributed by atoms with Gasteiger partial charge in [0.1, 0.15) is 0 Å². The average Bonchev–Trinajstić information content (AvgIpc) is 2.83. The fraction of sp³-hybridized carbons (Fsp3) is 0.438. The Kier molecular flexibility index (Phi) is 3.65. The molecule has 2 aromatic rings. The molecule has 1 saturated heterocycles. The normalized spacial score (nSPS) is 16.8. The Bertz CT molecular complexity index is 567. The van der Waals surface area contributed by atoms with Gasteiger partial charge in [0, 0.05) is 35.1 Å². The van der Waals surface area contributed by atoms with Crippen molar-refractivity contribution in [2.75, 3.05) is 19.6 Å². The van der Waals surface area contributed by atoms with Gasteiger partial charge in [-0.25, -0.2) is 0 Å². The lowest BCUT2D eigenvalue weighted by Crippen LogP contribution is -2.31. The summed E-state index contributed by atoms with van der Waals surface area (Å²) in [7, 11) is 0. The molecule has 0 amide bonds. The van der Waals surface area contributed by atoms with Crippen LogP contribution in [0.3, 0.4) is 0 Å². The minimum absolute atomic E-state index is 0.840. The summed E-state index contributed by atoms with van der Waals surface area (Å²) in [5, 5.41) is 1.05. The summed E-state index contributed by atoms with van der Waals surface area (Å²) < 4.78 is 0. The van der Waals surface area contributed by atoms with Crippen molar-refractivity contribution < 1.29 is 4.79 Å². The topological polar surface area (TPSA) is 36.1 Å². The molecule has 1 N–H and O–H groups in total. The number of H-pyrrole nitrogens is 1. The summed E-state index contributed by atoms with van der Waals surface area (Å²) in [4.78, 5) is 17.2. The zero-order chi connectivity index (χ0) is 13.1. The number of para-hydroxylation sites is 1. The number of nitrogens with one attached hydrogen (secondary N) is 1. The van der Waals surface area contributed by atoms with Crippen LogP contribution in [0.4, 0.5) is 0 Å². The molecule has 0 spiro atoms. The van der Waals surface area contributed by atoms with Crippen LogP contribution in [0.15, 0.2) is 24.3 Å². The summed E-state index contributed by atoms with van der Waals surface area (Å²) >= 11 is 0. The summed E-state index contributed by atoms with van der Waals surface area (Å²) in [6.07, 6.45) is 5.91. The highest BCUT2D eigenvalue weighted by Crippen LogP contribution is 2.21. The molecule has 3 rings (SSSR count). The van der Waals surface area contributed by atoms with Gasteiger partial charge in [0.05, 0.1) is 0 Å². The van der Waals surface area contributed by atoms with E-state index in [1.807, 2.05) is 24.3 Å². The largest absolute Gasteiger partial charge is 0.358 e. The van der Waals surface area contributed by atoms with E-state index < -0.39 is 0 Å². The number of nitrogens with zero attached hydrogens (tertiary/aromatic N) is 1.